The highest BCUT2D eigenvalue weighted by molar-refractivity contribution is 5.98. The third-order valence-electron chi connectivity index (χ3n) is 5.10. The number of aryl methyl sites for hydroxylation is 1. The van der Waals surface area contributed by atoms with Gasteiger partial charge < -0.3 is 15.4 Å². The fraction of sp³-hybridized carbons (Fsp3) is 0.190. The van der Waals surface area contributed by atoms with Gasteiger partial charge in [0.05, 0.1) is 24.5 Å². The number of pyridine rings is 1. The maximum absolute atomic E-state index is 9.02. The number of anilines is 1. The SMILES string of the molecule is Cc1ccc(Oc2ccc(-c3nn(C4CN(C#N)C4)c4ncnc(N)c34)cc2)nc1. The van der Waals surface area contributed by atoms with Gasteiger partial charge in [0, 0.05) is 17.8 Å². The molecule has 2 N–H and O–H groups in total. The summed E-state index contributed by atoms with van der Waals surface area (Å²) in [6.07, 6.45) is 5.34. The lowest BCUT2D eigenvalue weighted by Crippen LogP contribution is -2.44. The number of ether oxygens (including phenoxy) is 1. The van der Waals surface area contributed by atoms with Gasteiger partial charge in [-0.3, -0.25) is 0 Å². The number of nitrogens with zero attached hydrogens (tertiary/aromatic N) is 7. The van der Waals surface area contributed by atoms with Gasteiger partial charge in [-0.05, 0) is 36.8 Å². The van der Waals surface area contributed by atoms with Crippen molar-refractivity contribution in [2.24, 2.45) is 0 Å². The van der Waals surface area contributed by atoms with Crippen LogP contribution in [0.25, 0.3) is 22.3 Å². The van der Waals surface area contributed by atoms with Crippen molar-refractivity contribution in [1.29, 1.82) is 5.26 Å². The maximum Gasteiger partial charge on any atom is 0.219 e. The Morgan fingerprint density at radius 1 is 1.10 bits per heavy atom. The molecule has 4 aromatic rings. The molecule has 0 radical (unpaired) electrons. The normalized spacial score (nSPS) is 13.8. The molecule has 0 aliphatic carbocycles. The van der Waals surface area contributed by atoms with Crippen LogP contribution in [0.1, 0.15) is 11.6 Å². The number of nitrogens with two attached hydrogens (primary N) is 1. The van der Waals surface area contributed by atoms with Crippen molar-refractivity contribution < 1.29 is 4.74 Å². The second-order valence-corrected chi connectivity index (χ2v) is 7.21. The Kier molecular flexibility index (Phi) is 4.17. The summed E-state index contributed by atoms with van der Waals surface area (Å²) in [6, 6.07) is 11.4. The largest absolute Gasteiger partial charge is 0.439 e. The van der Waals surface area contributed by atoms with Crippen LogP contribution in [0, 0.1) is 18.4 Å². The molecule has 1 saturated heterocycles. The van der Waals surface area contributed by atoms with Crippen LogP contribution in [0.4, 0.5) is 5.82 Å². The van der Waals surface area contributed by atoms with Crippen molar-refractivity contribution in [2.45, 2.75) is 13.0 Å². The zero-order chi connectivity index (χ0) is 20.7. The molecular weight excluding hydrogens is 380 g/mol. The van der Waals surface area contributed by atoms with Gasteiger partial charge in [-0.25, -0.2) is 19.6 Å². The summed E-state index contributed by atoms with van der Waals surface area (Å²) in [5.74, 6) is 1.58. The molecule has 1 aliphatic rings. The fourth-order valence-electron chi connectivity index (χ4n) is 3.46. The summed E-state index contributed by atoms with van der Waals surface area (Å²) in [7, 11) is 0. The Hall–Kier alpha value is -4.19. The van der Waals surface area contributed by atoms with Gasteiger partial charge in [-0.15, -0.1) is 0 Å². The Balaban J connectivity index is 1.48. The first-order chi connectivity index (χ1) is 14.6. The number of nitriles is 1. The molecule has 0 unspecified atom stereocenters. The van der Waals surface area contributed by atoms with Crippen LogP contribution in [-0.2, 0) is 0 Å². The van der Waals surface area contributed by atoms with Crippen molar-refractivity contribution >= 4 is 16.9 Å². The molecule has 0 amide bonds. The smallest absolute Gasteiger partial charge is 0.219 e. The van der Waals surface area contributed by atoms with Gasteiger partial charge in [-0.1, -0.05) is 6.07 Å². The molecule has 3 aromatic heterocycles. The highest BCUT2D eigenvalue weighted by atomic mass is 16.5. The van der Waals surface area contributed by atoms with E-state index in [2.05, 4.69) is 21.1 Å². The van der Waals surface area contributed by atoms with Crippen molar-refractivity contribution in [3.05, 3.63) is 54.5 Å². The number of rotatable bonds is 4. The number of benzene rings is 1. The highest BCUT2D eigenvalue weighted by Crippen LogP contribution is 2.34. The molecule has 4 heterocycles. The van der Waals surface area contributed by atoms with Crippen molar-refractivity contribution in [2.75, 3.05) is 18.8 Å². The minimum Gasteiger partial charge on any atom is -0.439 e. The first-order valence-corrected chi connectivity index (χ1v) is 9.46. The average Bonchev–Trinajstić information content (AvgIpc) is 3.10. The van der Waals surface area contributed by atoms with Gasteiger partial charge in [0.2, 0.25) is 5.88 Å². The van der Waals surface area contributed by atoms with Gasteiger partial charge >= 0.3 is 0 Å². The maximum atomic E-state index is 9.02. The number of fused-ring (bicyclic) bond motifs is 1. The van der Waals surface area contributed by atoms with Gasteiger partial charge in [0.15, 0.2) is 11.8 Å². The van der Waals surface area contributed by atoms with Gasteiger partial charge in [0.25, 0.3) is 0 Å². The minimum absolute atomic E-state index is 0.0745. The number of nitrogen functional groups attached to an aromatic ring is 1. The third kappa shape index (κ3) is 3.04. The van der Waals surface area contributed by atoms with E-state index in [0.29, 0.717) is 47.3 Å². The van der Waals surface area contributed by atoms with E-state index in [9.17, 15) is 0 Å². The summed E-state index contributed by atoms with van der Waals surface area (Å²) >= 11 is 0. The van der Waals surface area contributed by atoms with Crippen LogP contribution < -0.4 is 10.5 Å². The lowest BCUT2D eigenvalue weighted by molar-refractivity contribution is 0.168. The van der Waals surface area contributed by atoms with Crippen molar-refractivity contribution in [3.63, 3.8) is 0 Å². The van der Waals surface area contributed by atoms with Crippen LogP contribution in [0.5, 0.6) is 11.6 Å². The summed E-state index contributed by atoms with van der Waals surface area (Å²) in [6.45, 7) is 3.19. The zero-order valence-corrected chi connectivity index (χ0v) is 16.2. The first kappa shape index (κ1) is 17.9. The average molecular weight is 398 g/mol. The van der Waals surface area contributed by atoms with Crippen LogP contribution in [0.3, 0.4) is 0 Å². The molecule has 0 bridgehead atoms. The standard InChI is InChI=1S/C21H18N8O/c1-13-2-7-17(24-8-13)30-16-5-3-14(4-6-16)19-18-20(23)25-12-26-21(18)29(27-19)15-9-28(10-15)11-22/h2-8,12,15H,9-10H2,1H3,(H2,23,25,26). The van der Waals surface area contributed by atoms with Crippen LogP contribution in [-0.4, -0.2) is 42.7 Å². The van der Waals surface area contributed by atoms with E-state index in [1.54, 1.807) is 11.1 Å². The minimum atomic E-state index is 0.0745. The third-order valence-corrected chi connectivity index (χ3v) is 5.10. The number of hydrogen-bond donors (Lipinski definition) is 1. The first-order valence-electron chi connectivity index (χ1n) is 9.46. The number of aromatic nitrogens is 5. The molecule has 5 rings (SSSR count). The molecule has 1 fully saturated rings. The molecule has 0 atom stereocenters. The van der Waals surface area contributed by atoms with Gasteiger partial charge in [-0.2, -0.15) is 10.4 Å². The Labute approximate surface area is 172 Å². The summed E-state index contributed by atoms with van der Waals surface area (Å²) in [5, 5.41) is 14.5. The predicted octanol–water partition coefficient (Wildman–Crippen LogP) is 2.91. The van der Waals surface area contributed by atoms with E-state index in [-0.39, 0.29) is 6.04 Å². The van der Waals surface area contributed by atoms with E-state index >= 15 is 0 Å². The lowest BCUT2D eigenvalue weighted by Gasteiger charge is -2.34. The molecule has 0 spiro atoms. The summed E-state index contributed by atoms with van der Waals surface area (Å²) < 4.78 is 7.65. The topological polar surface area (TPSA) is 119 Å². The molecule has 0 saturated carbocycles. The monoisotopic (exact) mass is 398 g/mol. The van der Waals surface area contributed by atoms with E-state index in [4.69, 9.17) is 20.8 Å². The Morgan fingerprint density at radius 2 is 1.90 bits per heavy atom. The second-order valence-electron chi connectivity index (χ2n) is 7.21. The Bertz CT molecular complexity index is 1250. The Morgan fingerprint density at radius 3 is 2.60 bits per heavy atom. The summed E-state index contributed by atoms with van der Waals surface area (Å²) in [5.41, 5.74) is 9.49. The number of hydrogen-bond acceptors (Lipinski definition) is 8. The molecular formula is C21H18N8O. The summed E-state index contributed by atoms with van der Waals surface area (Å²) in [4.78, 5) is 14.5. The molecule has 148 valence electrons. The van der Waals surface area contributed by atoms with Crippen LogP contribution >= 0.6 is 0 Å². The van der Waals surface area contributed by atoms with E-state index < -0.39 is 0 Å². The molecule has 9 heteroatoms. The second kappa shape index (κ2) is 7.00. The van der Waals surface area contributed by atoms with Crippen molar-refractivity contribution in [3.8, 4) is 29.1 Å². The molecule has 30 heavy (non-hydrogen) atoms. The van der Waals surface area contributed by atoms with Crippen LogP contribution in [0.15, 0.2) is 48.9 Å². The molecule has 9 nitrogen and oxygen atoms in total. The van der Waals surface area contributed by atoms with Crippen LogP contribution in [0.2, 0.25) is 0 Å². The van der Waals surface area contributed by atoms with E-state index in [1.165, 1.54) is 6.33 Å². The molecule has 1 aromatic carbocycles. The quantitative estimate of drug-likeness (QED) is 0.521. The zero-order valence-electron chi connectivity index (χ0n) is 16.2. The van der Waals surface area contributed by atoms with E-state index in [1.807, 2.05) is 48.0 Å². The van der Waals surface area contributed by atoms with Crippen molar-refractivity contribution in [1.82, 2.24) is 29.6 Å². The van der Waals surface area contributed by atoms with Gasteiger partial charge in [0.1, 0.15) is 23.6 Å². The predicted molar refractivity (Wildman–Crippen MR) is 110 cm³/mol. The fourth-order valence-corrected chi connectivity index (χ4v) is 3.46. The highest BCUT2D eigenvalue weighted by Gasteiger charge is 2.31. The van der Waals surface area contributed by atoms with E-state index in [0.717, 1.165) is 11.1 Å². The molecule has 1 aliphatic heterocycles. The number of likely N-dealkylation sites (tertiary alicyclic amines) is 1. The lowest BCUT2D eigenvalue weighted by atomic mass is 10.1.